The Labute approximate surface area is 370 Å². The number of hydrogen-bond acceptors (Lipinski definition) is 5. The molecule has 5 aliphatic heterocycles. The van der Waals surface area contributed by atoms with E-state index < -0.39 is 0 Å². The zero-order valence-electron chi connectivity index (χ0n) is 41.6. The Morgan fingerprint density at radius 3 is 1.07 bits per heavy atom. The summed E-state index contributed by atoms with van der Waals surface area (Å²) in [4.78, 5) is 2.37. The van der Waals surface area contributed by atoms with Gasteiger partial charge >= 0.3 is 0 Å². The van der Waals surface area contributed by atoms with Crippen molar-refractivity contribution in [2.45, 2.75) is 255 Å². The van der Waals surface area contributed by atoms with E-state index in [1.54, 1.807) is 51.4 Å². The summed E-state index contributed by atoms with van der Waals surface area (Å²) in [6.07, 6.45) is 30.3. The van der Waals surface area contributed by atoms with Crippen LogP contribution in [-0.4, -0.2) is 73.9 Å². The summed E-state index contributed by atoms with van der Waals surface area (Å²) in [5.74, 6) is 0. The van der Waals surface area contributed by atoms with Gasteiger partial charge < -0.3 is 23.8 Å². The number of ether oxygens (including phenoxy) is 4. The van der Waals surface area contributed by atoms with Gasteiger partial charge in [0, 0.05) is 13.1 Å². The van der Waals surface area contributed by atoms with Gasteiger partial charge in [-0.1, -0.05) is 152 Å². The van der Waals surface area contributed by atoms with E-state index in [1.807, 2.05) is 69.2 Å². The van der Waals surface area contributed by atoms with Gasteiger partial charge in [-0.15, -0.1) is 0 Å². The van der Waals surface area contributed by atoms with Crippen molar-refractivity contribution in [3.05, 3.63) is 35.9 Å². The smallest absolute Gasteiger partial charge is 0.0940 e. The zero-order valence-corrected chi connectivity index (χ0v) is 41.6. The van der Waals surface area contributed by atoms with Crippen molar-refractivity contribution in [3.63, 3.8) is 0 Å². The molecule has 4 spiro atoms. The molecule has 1 aromatic carbocycles. The second-order valence-electron chi connectivity index (χ2n) is 18.5. The van der Waals surface area contributed by atoms with Crippen LogP contribution in [0.5, 0.6) is 0 Å². The number of epoxide rings is 4. The third kappa shape index (κ3) is 25.0. The molecule has 11 rings (SSSR count). The average Bonchev–Trinajstić information content (AvgIpc) is 3.94. The van der Waals surface area contributed by atoms with E-state index in [9.17, 15) is 0 Å². The number of aryl methyl sites for hydroxylation is 1. The topological polar surface area (TPSA) is 53.4 Å². The Bertz CT molecular complexity index is 1050. The quantitative estimate of drug-likeness (QED) is 0.284. The lowest BCUT2D eigenvalue weighted by molar-refractivity contribution is 0.169. The maximum absolute atomic E-state index is 5.36. The second-order valence-corrected chi connectivity index (χ2v) is 18.5. The Morgan fingerprint density at radius 2 is 0.797 bits per heavy atom. The molecule has 0 amide bonds. The molecule has 1 aromatic rings. The summed E-state index contributed by atoms with van der Waals surface area (Å²) in [7, 11) is 2.18. The van der Waals surface area contributed by atoms with Crippen molar-refractivity contribution in [2.75, 3.05) is 46.6 Å². The third-order valence-corrected chi connectivity index (χ3v) is 13.2. The first kappa shape index (κ1) is 58.0. The molecular weight excluding hydrogens is 727 g/mol. The minimum absolute atomic E-state index is 0. The molecule has 5 heteroatoms. The number of piperidine rings is 1. The van der Waals surface area contributed by atoms with E-state index in [0.717, 1.165) is 50.1 Å². The predicted molar refractivity (Wildman–Crippen MR) is 260 cm³/mol. The van der Waals surface area contributed by atoms with Crippen LogP contribution in [0, 0.1) is 10.8 Å². The summed E-state index contributed by atoms with van der Waals surface area (Å²) in [6, 6.07) is 10.6. The molecule has 10 fully saturated rings. The number of nitrogens with zero attached hydrogens (tertiary/aromatic N) is 1. The number of benzene rings is 1. The minimum atomic E-state index is 0. The Morgan fingerprint density at radius 1 is 0.458 bits per heavy atom. The van der Waals surface area contributed by atoms with Crippen molar-refractivity contribution in [3.8, 4) is 0 Å². The molecule has 1 unspecified atom stereocenters. The van der Waals surface area contributed by atoms with Gasteiger partial charge in [-0.25, -0.2) is 0 Å². The largest absolute Gasteiger partial charge is 0.370 e. The molecule has 0 bridgehead atoms. The standard InChI is InChI=1S/C11H14O.C7H13NO.C7H12O.2C7H12.C4H8O.5C2H6.CH4/c1-11(9-12-11)8-7-10-5-3-2-4-6-10;1-8-4-2-7(3-5-8)6-9-7;1-2-4-7(5-3-1)6-8-7;2*1-2-4-7(3-1)5-6-7;1-4(2)3-5-4;5*1-2;/h2-6H,7-9H2,1H3;2-6H2,1H3;1-6H2;2*1-6H2;3H2,1-2H3;5*1-2H3;1H4. The molecule has 5 aliphatic carbocycles. The van der Waals surface area contributed by atoms with Crippen molar-refractivity contribution >= 4 is 0 Å². The van der Waals surface area contributed by atoms with E-state index in [4.69, 9.17) is 18.9 Å². The van der Waals surface area contributed by atoms with Crippen molar-refractivity contribution in [1.29, 1.82) is 0 Å². The monoisotopic (exact) mass is 832 g/mol. The zero-order chi connectivity index (χ0) is 43.6. The first-order valence-corrected chi connectivity index (χ1v) is 25.3. The summed E-state index contributed by atoms with van der Waals surface area (Å²) in [6.45, 7) is 32.8. The van der Waals surface area contributed by atoms with Crippen LogP contribution in [0.1, 0.15) is 231 Å². The van der Waals surface area contributed by atoms with Crippen LogP contribution in [0.2, 0.25) is 0 Å². The lowest BCUT2D eigenvalue weighted by Crippen LogP contribution is -2.34. The summed E-state index contributed by atoms with van der Waals surface area (Å²) in [5, 5.41) is 0. The molecule has 5 heterocycles. The molecule has 0 aromatic heterocycles. The fourth-order valence-corrected chi connectivity index (χ4v) is 8.07. The van der Waals surface area contributed by atoms with E-state index >= 15 is 0 Å². The minimum Gasteiger partial charge on any atom is -0.370 e. The Balaban J connectivity index is 0.000000662. The van der Waals surface area contributed by atoms with E-state index in [1.165, 1.54) is 89.3 Å². The van der Waals surface area contributed by atoms with Crippen LogP contribution < -0.4 is 0 Å². The van der Waals surface area contributed by atoms with E-state index in [-0.39, 0.29) is 18.6 Å². The summed E-state index contributed by atoms with van der Waals surface area (Å²) < 4.78 is 20.9. The van der Waals surface area contributed by atoms with Crippen LogP contribution in [0.25, 0.3) is 0 Å². The Kier molecular flexibility index (Phi) is 29.7. The van der Waals surface area contributed by atoms with Crippen LogP contribution in [0.4, 0.5) is 0 Å². The van der Waals surface area contributed by atoms with Gasteiger partial charge in [0.2, 0.25) is 0 Å². The third-order valence-electron chi connectivity index (χ3n) is 13.2. The van der Waals surface area contributed by atoms with E-state index in [2.05, 4.69) is 63.1 Å². The van der Waals surface area contributed by atoms with Crippen LogP contribution in [0.3, 0.4) is 0 Å². The summed E-state index contributed by atoms with van der Waals surface area (Å²) in [5.41, 5.74) is 4.55. The highest BCUT2D eigenvalue weighted by atomic mass is 16.6. The number of hydrogen-bond donors (Lipinski definition) is 0. The second kappa shape index (κ2) is 30.2. The van der Waals surface area contributed by atoms with Crippen molar-refractivity contribution in [2.24, 2.45) is 10.8 Å². The lowest BCUT2D eigenvalue weighted by Gasteiger charge is -2.26. The van der Waals surface area contributed by atoms with E-state index in [0.29, 0.717) is 11.2 Å². The van der Waals surface area contributed by atoms with Gasteiger partial charge in [0.05, 0.1) is 48.8 Å². The number of likely N-dealkylation sites (tertiary alicyclic amines) is 1. The van der Waals surface area contributed by atoms with Crippen LogP contribution >= 0.6 is 0 Å². The molecule has 0 radical (unpaired) electrons. The first-order valence-electron chi connectivity index (χ1n) is 25.3. The average molecular weight is 832 g/mol. The highest BCUT2D eigenvalue weighted by Gasteiger charge is 2.47. The molecule has 0 N–H and O–H groups in total. The van der Waals surface area contributed by atoms with Crippen molar-refractivity contribution in [1.82, 2.24) is 4.90 Å². The van der Waals surface area contributed by atoms with Gasteiger partial charge in [0.15, 0.2) is 0 Å². The van der Waals surface area contributed by atoms with Gasteiger partial charge in [-0.05, 0) is 134 Å². The highest BCUT2D eigenvalue weighted by Crippen LogP contribution is 2.58. The van der Waals surface area contributed by atoms with Gasteiger partial charge in [0.25, 0.3) is 0 Å². The molecule has 5 saturated heterocycles. The lowest BCUT2D eigenvalue weighted by atomic mass is 9.90. The maximum atomic E-state index is 5.36. The first-order chi connectivity index (χ1) is 28.0. The fourth-order valence-electron chi connectivity index (χ4n) is 8.07. The van der Waals surface area contributed by atoms with Gasteiger partial charge in [-0.2, -0.15) is 0 Å². The van der Waals surface area contributed by atoms with Gasteiger partial charge in [0.1, 0.15) is 0 Å². The van der Waals surface area contributed by atoms with Gasteiger partial charge in [-0.3, -0.25) is 0 Å². The molecule has 1 atom stereocenters. The fraction of sp³-hybridized carbons (Fsp3) is 0.889. The van der Waals surface area contributed by atoms with Crippen LogP contribution in [0.15, 0.2) is 30.3 Å². The molecule has 59 heavy (non-hydrogen) atoms. The molecular formula is C54H105NO4. The number of rotatable bonds is 3. The van der Waals surface area contributed by atoms with Crippen molar-refractivity contribution < 1.29 is 18.9 Å². The molecule has 5 nitrogen and oxygen atoms in total. The molecule has 5 saturated carbocycles. The molecule has 10 aliphatic rings. The maximum Gasteiger partial charge on any atom is 0.0940 e. The Hall–Kier alpha value is -0.980. The SMILES string of the molecule is C.C1CCC2(C1)CC2.C1CCC2(C1)CC2.C1CCC2(CC1)CO2.CC.CC.CC.CC.CC.CC1(C)CO1.CC1(CCc2ccccc2)CO1.CN1CCC2(CC1)CO2. The summed E-state index contributed by atoms with van der Waals surface area (Å²) >= 11 is 0. The van der Waals surface area contributed by atoms with Crippen LogP contribution in [-0.2, 0) is 25.4 Å². The highest BCUT2D eigenvalue weighted by molar-refractivity contribution is 5.15. The molecule has 350 valence electrons. The normalized spacial score (nSPS) is 26.2. The predicted octanol–water partition coefficient (Wildman–Crippen LogP) is 15.9.